The van der Waals surface area contributed by atoms with Crippen molar-refractivity contribution >= 4 is 11.6 Å². The maximum atomic E-state index is 6.14. The molecule has 2 unspecified atom stereocenters. The van der Waals surface area contributed by atoms with E-state index in [-0.39, 0.29) is 12.1 Å². The lowest BCUT2D eigenvalue weighted by Crippen LogP contribution is -2.29. The molecule has 0 bridgehead atoms. The van der Waals surface area contributed by atoms with Crippen molar-refractivity contribution in [3.05, 3.63) is 46.7 Å². The summed E-state index contributed by atoms with van der Waals surface area (Å²) in [6.07, 6.45) is 5.91. The molecule has 4 nitrogen and oxygen atoms in total. The van der Waals surface area contributed by atoms with E-state index in [0.717, 1.165) is 41.3 Å². The zero-order valence-corrected chi connectivity index (χ0v) is 13.1. The van der Waals surface area contributed by atoms with Crippen molar-refractivity contribution < 1.29 is 4.74 Å². The smallest absolute Gasteiger partial charge is 0.129 e. The first-order valence-electron chi connectivity index (χ1n) is 7.35. The quantitative estimate of drug-likeness (QED) is 0.937. The van der Waals surface area contributed by atoms with Crippen LogP contribution in [0.1, 0.15) is 43.0 Å². The molecule has 0 fully saturated rings. The lowest BCUT2D eigenvalue weighted by Gasteiger charge is -2.32. The fraction of sp³-hybridized carbons (Fsp3) is 0.438. The van der Waals surface area contributed by atoms with Crippen LogP contribution in [0.3, 0.4) is 0 Å². The highest BCUT2D eigenvalue weighted by Crippen LogP contribution is 2.41. The van der Waals surface area contributed by atoms with E-state index in [0.29, 0.717) is 0 Å². The van der Waals surface area contributed by atoms with Crippen molar-refractivity contribution in [2.24, 2.45) is 7.05 Å². The van der Waals surface area contributed by atoms with Crippen molar-refractivity contribution in [3.63, 3.8) is 0 Å². The Bertz CT molecular complexity index is 626. The standard InChI is InChI=1S/C16H20ClN3O/c1-3-6-18-14-8-16(11-9-19-20(2)10-11)21-15-5-4-12(17)7-13(14)15/h4-5,7,9-10,14,16,18H,3,6,8H2,1-2H3. The zero-order valence-electron chi connectivity index (χ0n) is 12.3. The van der Waals surface area contributed by atoms with E-state index >= 15 is 0 Å². The molecule has 0 saturated heterocycles. The molecule has 0 amide bonds. The van der Waals surface area contributed by atoms with Crippen molar-refractivity contribution in [2.45, 2.75) is 31.9 Å². The van der Waals surface area contributed by atoms with Gasteiger partial charge in [0.25, 0.3) is 0 Å². The Morgan fingerprint density at radius 3 is 3.05 bits per heavy atom. The molecular weight excluding hydrogens is 286 g/mol. The highest BCUT2D eigenvalue weighted by molar-refractivity contribution is 6.30. The Kier molecular flexibility index (Phi) is 4.17. The molecule has 1 aliphatic heterocycles. The van der Waals surface area contributed by atoms with E-state index in [1.165, 1.54) is 0 Å². The average Bonchev–Trinajstić information content (AvgIpc) is 2.91. The van der Waals surface area contributed by atoms with Gasteiger partial charge in [0.1, 0.15) is 11.9 Å². The third-order valence-electron chi connectivity index (χ3n) is 3.80. The zero-order chi connectivity index (χ0) is 14.8. The van der Waals surface area contributed by atoms with Crippen molar-refractivity contribution in [3.8, 4) is 5.75 Å². The van der Waals surface area contributed by atoms with E-state index < -0.39 is 0 Å². The third kappa shape index (κ3) is 3.06. The Hall–Kier alpha value is -1.52. The molecule has 1 aromatic carbocycles. The van der Waals surface area contributed by atoms with Gasteiger partial charge in [-0.05, 0) is 31.2 Å². The van der Waals surface area contributed by atoms with Gasteiger partial charge in [-0.1, -0.05) is 18.5 Å². The SMILES string of the molecule is CCCNC1CC(c2cnn(C)c2)Oc2ccc(Cl)cc21. The average molecular weight is 306 g/mol. The summed E-state index contributed by atoms with van der Waals surface area (Å²) in [4.78, 5) is 0. The van der Waals surface area contributed by atoms with Crippen LogP contribution >= 0.6 is 11.6 Å². The number of ether oxygens (including phenoxy) is 1. The van der Waals surface area contributed by atoms with Crippen molar-refractivity contribution in [2.75, 3.05) is 6.54 Å². The van der Waals surface area contributed by atoms with Crippen molar-refractivity contribution in [1.82, 2.24) is 15.1 Å². The number of aromatic nitrogens is 2. The van der Waals surface area contributed by atoms with Crippen LogP contribution in [-0.2, 0) is 7.05 Å². The molecule has 1 aliphatic rings. The number of rotatable bonds is 4. The van der Waals surface area contributed by atoms with Gasteiger partial charge in [-0.15, -0.1) is 0 Å². The fourth-order valence-corrected chi connectivity index (χ4v) is 2.94. The van der Waals surface area contributed by atoms with Crippen LogP contribution < -0.4 is 10.1 Å². The van der Waals surface area contributed by atoms with Gasteiger partial charge in [0.05, 0.1) is 6.20 Å². The minimum absolute atomic E-state index is 0.0294. The van der Waals surface area contributed by atoms with Gasteiger partial charge >= 0.3 is 0 Å². The summed E-state index contributed by atoms with van der Waals surface area (Å²) >= 11 is 6.14. The van der Waals surface area contributed by atoms with E-state index in [1.54, 1.807) is 0 Å². The molecule has 0 saturated carbocycles. The van der Waals surface area contributed by atoms with Crippen LogP contribution in [0.5, 0.6) is 5.75 Å². The van der Waals surface area contributed by atoms with Crippen molar-refractivity contribution in [1.29, 1.82) is 0 Å². The van der Waals surface area contributed by atoms with E-state index in [9.17, 15) is 0 Å². The first-order valence-corrected chi connectivity index (χ1v) is 7.73. The summed E-state index contributed by atoms with van der Waals surface area (Å²) in [5.41, 5.74) is 2.26. The lowest BCUT2D eigenvalue weighted by molar-refractivity contribution is 0.151. The molecule has 1 N–H and O–H groups in total. The van der Waals surface area contributed by atoms with Crippen LogP contribution in [0.25, 0.3) is 0 Å². The van der Waals surface area contributed by atoms with Crippen LogP contribution in [0.4, 0.5) is 0 Å². The van der Waals surface area contributed by atoms with Gasteiger partial charge < -0.3 is 10.1 Å². The number of nitrogens with one attached hydrogen (secondary N) is 1. The molecule has 0 spiro atoms. The molecular formula is C16H20ClN3O. The predicted octanol–water partition coefficient (Wildman–Crippen LogP) is 3.64. The summed E-state index contributed by atoms with van der Waals surface area (Å²) in [6, 6.07) is 6.10. The normalized spacial score (nSPS) is 20.9. The molecule has 2 atom stereocenters. The number of nitrogens with zero attached hydrogens (tertiary/aromatic N) is 2. The van der Waals surface area contributed by atoms with Crippen LogP contribution in [0.15, 0.2) is 30.6 Å². The van der Waals surface area contributed by atoms with E-state index in [2.05, 4.69) is 17.3 Å². The Labute approximate surface area is 130 Å². The highest BCUT2D eigenvalue weighted by Gasteiger charge is 2.29. The number of hydrogen-bond acceptors (Lipinski definition) is 3. The molecule has 1 aromatic heterocycles. The topological polar surface area (TPSA) is 39.1 Å². The first kappa shape index (κ1) is 14.4. The van der Waals surface area contributed by atoms with Gasteiger partial charge in [-0.3, -0.25) is 4.68 Å². The monoisotopic (exact) mass is 305 g/mol. The van der Waals surface area contributed by atoms with Gasteiger partial charge in [-0.25, -0.2) is 0 Å². The minimum Gasteiger partial charge on any atom is -0.485 e. The second-order valence-electron chi connectivity index (χ2n) is 5.48. The third-order valence-corrected chi connectivity index (χ3v) is 4.04. The van der Waals surface area contributed by atoms with Crippen LogP contribution in [-0.4, -0.2) is 16.3 Å². The predicted molar refractivity (Wildman–Crippen MR) is 83.7 cm³/mol. The number of aryl methyl sites for hydroxylation is 1. The molecule has 21 heavy (non-hydrogen) atoms. The number of halogens is 1. The molecule has 3 rings (SSSR count). The Balaban J connectivity index is 1.90. The highest BCUT2D eigenvalue weighted by atomic mass is 35.5. The summed E-state index contributed by atoms with van der Waals surface area (Å²) in [7, 11) is 1.92. The number of fused-ring (bicyclic) bond motifs is 1. The molecule has 112 valence electrons. The van der Waals surface area contributed by atoms with Gasteiger partial charge in [0.15, 0.2) is 0 Å². The molecule has 0 aliphatic carbocycles. The Morgan fingerprint density at radius 2 is 2.33 bits per heavy atom. The maximum absolute atomic E-state index is 6.14. The molecule has 2 heterocycles. The van der Waals surface area contributed by atoms with E-state index in [1.807, 2.05) is 42.3 Å². The molecule has 2 aromatic rings. The summed E-state index contributed by atoms with van der Waals surface area (Å²) in [6.45, 7) is 3.15. The van der Waals surface area contributed by atoms with Gasteiger partial charge in [-0.2, -0.15) is 5.10 Å². The minimum atomic E-state index is 0.0294. The second kappa shape index (κ2) is 6.08. The van der Waals surface area contributed by atoms with Gasteiger partial charge in [0.2, 0.25) is 0 Å². The largest absolute Gasteiger partial charge is 0.485 e. The van der Waals surface area contributed by atoms with Crippen LogP contribution in [0, 0.1) is 0 Å². The number of benzene rings is 1. The second-order valence-corrected chi connectivity index (χ2v) is 5.91. The molecule has 0 radical (unpaired) electrons. The van der Waals surface area contributed by atoms with Gasteiger partial charge in [0, 0.05) is 41.9 Å². The Morgan fingerprint density at radius 1 is 1.48 bits per heavy atom. The van der Waals surface area contributed by atoms with E-state index in [4.69, 9.17) is 16.3 Å². The molecule has 5 heteroatoms. The summed E-state index contributed by atoms with van der Waals surface area (Å²) in [5, 5.41) is 8.59. The van der Waals surface area contributed by atoms with Crippen LogP contribution in [0.2, 0.25) is 5.02 Å². The fourth-order valence-electron chi connectivity index (χ4n) is 2.76. The lowest BCUT2D eigenvalue weighted by atomic mass is 9.94. The maximum Gasteiger partial charge on any atom is 0.129 e. The first-order chi connectivity index (χ1) is 10.2. The number of hydrogen-bond donors (Lipinski definition) is 1. The summed E-state index contributed by atoms with van der Waals surface area (Å²) in [5.74, 6) is 0.910. The summed E-state index contributed by atoms with van der Waals surface area (Å²) < 4.78 is 7.95.